The Morgan fingerprint density at radius 3 is 2.95 bits per heavy atom. The van der Waals surface area contributed by atoms with Gasteiger partial charge in [-0.3, -0.25) is 9.59 Å². The van der Waals surface area contributed by atoms with E-state index in [9.17, 15) is 9.59 Å². The van der Waals surface area contributed by atoms with Crippen molar-refractivity contribution in [2.45, 2.75) is 6.42 Å². The van der Waals surface area contributed by atoms with E-state index in [2.05, 4.69) is 5.32 Å². The molecule has 2 aromatic carbocycles. The van der Waals surface area contributed by atoms with Crippen molar-refractivity contribution in [1.82, 2.24) is 0 Å². The number of rotatable bonds is 1. The molecule has 0 saturated heterocycles. The van der Waals surface area contributed by atoms with Gasteiger partial charge in [0.2, 0.25) is 0 Å². The SMILES string of the molecule is O=C1COc2cc(C(=O)N3CCc4ccccc43)ccc2N1. The summed E-state index contributed by atoms with van der Waals surface area (Å²) in [4.78, 5) is 25.8. The number of amides is 2. The van der Waals surface area contributed by atoms with E-state index in [4.69, 9.17) is 4.74 Å². The molecule has 0 aromatic heterocycles. The number of para-hydroxylation sites is 1. The van der Waals surface area contributed by atoms with Crippen LogP contribution in [0.4, 0.5) is 11.4 Å². The van der Waals surface area contributed by atoms with Crippen LogP contribution in [0.1, 0.15) is 15.9 Å². The van der Waals surface area contributed by atoms with Gasteiger partial charge in [-0.1, -0.05) is 18.2 Å². The third kappa shape index (κ3) is 2.02. The number of ether oxygens (including phenoxy) is 1. The Bertz CT molecular complexity index is 785. The second-order valence-corrected chi connectivity index (χ2v) is 5.38. The van der Waals surface area contributed by atoms with Gasteiger partial charge in [-0.25, -0.2) is 0 Å². The van der Waals surface area contributed by atoms with E-state index in [-0.39, 0.29) is 18.4 Å². The number of nitrogens with zero attached hydrogens (tertiary/aromatic N) is 1. The van der Waals surface area contributed by atoms with Crippen molar-refractivity contribution in [3.05, 3.63) is 53.6 Å². The summed E-state index contributed by atoms with van der Waals surface area (Å²) in [5.41, 5.74) is 3.33. The molecule has 0 unspecified atom stereocenters. The molecule has 2 aliphatic heterocycles. The molecule has 0 spiro atoms. The van der Waals surface area contributed by atoms with E-state index >= 15 is 0 Å². The number of anilines is 2. The molecular formula is C17H14N2O3. The van der Waals surface area contributed by atoms with Gasteiger partial charge >= 0.3 is 0 Å². The lowest BCUT2D eigenvalue weighted by Crippen LogP contribution is -2.29. The van der Waals surface area contributed by atoms with Crippen LogP contribution in [0.15, 0.2) is 42.5 Å². The lowest BCUT2D eigenvalue weighted by Gasteiger charge is -2.21. The molecular weight excluding hydrogens is 280 g/mol. The Morgan fingerprint density at radius 2 is 2.05 bits per heavy atom. The molecule has 2 amide bonds. The van der Waals surface area contributed by atoms with E-state index < -0.39 is 0 Å². The Labute approximate surface area is 127 Å². The fourth-order valence-corrected chi connectivity index (χ4v) is 2.91. The van der Waals surface area contributed by atoms with Crippen LogP contribution in [-0.2, 0) is 11.2 Å². The molecule has 0 radical (unpaired) electrons. The first kappa shape index (κ1) is 12.9. The first-order chi connectivity index (χ1) is 10.7. The number of nitrogens with one attached hydrogen (secondary N) is 1. The largest absolute Gasteiger partial charge is 0.482 e. The molecule has 0 atom stereocenters. The normalized spacial score (nSPS) is 15.6. The maximum absolute atomic E-state index is 12.7. The quantitative estimate of drug-likeness (QED) is 0.877. The highest BCUT2D eigenvalue weighted by Crippen LogP contribution is 2.32. The van der Waals surface area contributed by atoms with E-state index in [1.807, 2.05) is 24.3 Å². The molecule has 4 rings (SSSR count). The van der Waals surface area contributed by atoms with Gasteiger partial charge in [0.15, 0.2) is 6.61 Å². The zero-order chi connectivity index (χ0) is 15.1. The molecule has 0 fully saturated rings. The van der Waals surface area contributed by atoms with Crippen LogP contribution in [0, 0.1) is 0 Å². The van der Waals surface area contributed by atoms with Crippen LogP contribution in [0.2, 0.25) is 0 Å². The summed E-state index contributed by atoms with van der Waals surface area (Å²) < 4.78 is 5.38. The molecule has 0 saturated carbocycles. The van der Waals surface area contributed by atoms with Crippen LogP contribution in [0.25, 0.3) is 0 Å². The van der Waals surface area contributed by atoms with Crippen molar-refractivity contribution in [3.8, 4) is 5.75 Å². The number of hydrogen-bond donors (Lipinski definition) is 1. The summed E-state index contributed by atoms with van der Waals surface area (Å²) in [5, 5.41) is 2.72. The highest BCUT2D eigenvalue weighted by molar-refractivity contribution is 6.08. The molecule has 22 heavy (non-hydrogen) atoms. The van der Waals surface area contributed by atoms with Gasteiger partial charge < -0.3 is 15.0 Å². The Kier molecular flexibility index (Phi) is 2.85. The summed E-state index contributed by atoms with van der Waals surface area (Å²) in [7, 11) is 0. The number of fused-ring (bicyclic) bond motifs is 2. The third-order valence-electron chi connectivity index (χ3n) is 3.99. The second kappa shape index (κ2) is 4.87. The topological polar surface area (TPSA) is 58.6 Å². The third-order valence-corrected chi connectivity index (χ3v) is 3.99. The monoisotopic (exact) mass is 294 g/mol. The zero-order valence-electron chi connectivity index (χ0n) is 11.8. The number of carbonyl (C=O) groups excluding carboxylic acids is 2. The van der Waals surface area contributed by atoms with Gasteiger partial charge in [0.1, 0.15) is 5.75 Å². The molecule has 2 aliphatic rings. The van der Waals surface area contributed by atoms with E-state index in [0.717, 1.165) is 12.1 Å². The summed E-state index contributed by atoms with van der Waals surface area (Å²) in [5.74, 6) is 0.311. The van der Waals surface area contributed by atoms with Gasteiger partial charge in [-0.2, -0.15) is 0 Å². The van der Waals surface area contributed by atoms with Gasteiger partial charge in [0, 0.05) is 17.8 Å². The summed E-state index contributed by atoms with van der Waals surface area (Å²) in [6.45, 7) is 0.671. The van der Waals surface area contributed by atoms with Gasteiger partial charge in [-0.15, -0.1) is 0 Å². The van der Waals surface area contributed by atoms with E-state index in [0.29, 0.717) is 23.5 Å². The number of carbonyl (C=O) groups is 2. The minimum atomic E-state index is -0.181. The molecule has 2 heterocycles. The zero-order valence-corrected chi connectivity index (χ0v) is 11.8. The number of hydrogen-bond acceptors (Lipinski definition) is 3. The molecule has 5 heteroatoms. The van der Waals surface area contributed by atoms with E-state index in [1.165, 1.54) is 5.56 Å². The van der Waals surface area contributed by atoms with Gasteiger partial charge in [0.25, 0.3) is 11.8 Å². The Hall–Kier alpha value is -2.82. The van der Waals surface area contributed by atoms with Crippen LogP contribution in [-0.4, -0.2) is 25.0 Å². The average Bonchev–Trinajstić information content (AvgIpc) is 2.97. The summed E-state index contributed by atoms with van der Waals surface area (Å²) >= 11 is 0. The van der Waals surface area contributed by atoms with Crippen molar-refractivity contribution in [1.29, 1.82) is 0 Å². The Morgan fingerprint density at radius 1 is 1.18 bits per heavy atom. The van der Waals surface area contributed by atoms with Gasteiger partial charge in [0.05, 0.1) is 5.69 Å². The van der Waals surface area contributed by atoms with Crippen molar-refractivity contribution >= 4 is 23.2 Å². The molecule has 0 bridgehead atoms. The fourth-order valence-electron chi connectivity index (χ4n) is 2.91. The highest BCUT2D eigenvalue weighted by Gasteiger charge is 2.26. The highest BCUT2D eigenvalue weighted by atomic mass is 16.5. The van der Waals surface area contributed by atoms with Crippen molar-refractivity contribution in [2.24, 2.45) is 0 Å². The van der Waals surface area contributed by atoms with Crippen molar-refractivity contribution < 1.29 is 14.3 Å². The fraction of sp³-hybridized carbons (Fsp3) is 0.176. The maximum atomic E-state index is 12.7. The number of benzene rings is 2. The lowest BCUT2D eigenvalue weighted by molar-refractivity contribution is -0.118. The van der Waals surface area contributed by atoms with Crippen molar-refractivity contribution in [3.63, 3.8) is 0 Å². The van der Waals surface area contributed by atoms with Crippen LogP contribution in [0.5, 0.6) is 5.75 Å². The van der Waals surface area contributed by atoms with Crippen LogP contribution in [0.3, 0.4) is 0 Å². The first-order valence-electron chi connectivity index (χ1n) is 7.19. The average molecular weight is 294 g/mol. The first-order valence-corrected chi connectivity index (χ1v) is 7.19. The molecule has 110 valence electrons. The molecule has 5 nitrogen and oxygen atoms in total. The second-order valence-electron chi connectivity index (χ2n) is 5.38. The summed E-state index contributed by atoms with van der Waals surface area (Å²) in [6, 6.07) is 13.1. The minimum Gasteiger partial charge on any atom is -0.482 e. The predicted molar refractivity (Wildman–Crippen MR) is 82.4 cm³/mol. The van der Waals surface area contributed by atoms with Crippen LogP contribution >= 0.6 is 0 Å². The molecule has 0 aliphatic carbocycles. The lowest BCUT2D eigenvalue weighted by atomic mass is 10.1. The smallest absolute Gasteiger partial charge is 0.262 e. The standard InChI is InChI=1S/C17H14N2O3/c20-16-10-22-15-9-12(5-6-13(15)18-16)17(21)19-8-7-11-3-1-2-4-14(11)19/h1-6,9H,7-8,10H2,(H,18,20). The minimum absolute atomic E-state index is 0.0167. The Balaban J connectivity index is 1.66. The summed E-state index contributed by atoms with van der Waals surface area (Å²) in [6.07, 6.45) is 0.874. The van der Waals surface area contributed by atoms with Crippen molar-refractivity contribution in [2.75, 3.05) is 23.4 Å². The molecule has 1 N–H and O–H groups in total. The predicted octanol–water partition coefficient (Wildman–Crippen LogP) is 2.22. The maximum Gasteiger partial charge on any atom is 0.262 e. The van der Waals surface area contributed by atoms with E-state index in [1.54, 1.807) is 23.1 Å². The van der Waals surface area contributed by atoms with Gasteiger partial charge in [-0.05, 0) is 36.2 Å². The van der Waals surface area contributed by atoms with Crippen LogP contribution < -0.4 is 15.0 Å². The molecule has 2 aromatic rings.